The second-order valence-corrected chi connectivity index (χ2v) is 5.77. The molecule has 0 aliphatic heterocycles. The number of methoxy groups -OCH3 is 1. The third-order valence-corrected chi connectivity index (χ3v) is 3.33. The number of nitrogens with zero attached hydrogens (tertiary/aromatic N) is 1. The minimum absolute atomic E-state index is 0.0549. The molecule has 0 aliphatic carbocycles. The van der Waals surface area contributed by atoms with Crippen molar-refractivity contribution in [1.82, 2.24) is 4.90 Å². The zero-order valence-electron chi connectivity index (χ0n) is 12.4. The topological polar surface area (TPSA) is 38.5 Å². The van der Waals surface area contributed by atoms with Gasteiger partial charge in [-0.05, 0) is 29.7 Å². The predicted octanol–water partition coefficient (Wildman–Crippen LogP) is 3.08. The van der Waals surface area contributed by atoms with Crippen LogP contribution >= 0.6 is 11.6 Å². The Hall–Kier alpha value is -0.680. The third-order valence-electron chi connectivity index (χ3n) is 3.12. The van der Waals surface area contributed by atoms with Crippen LogP contribution in [0, 0.1) is 11.7 Å². The van der Waals surface area contributed by atoms with Crippen molar-refractivity contribution in [2.75, 3.05) is 33.4 Å². The second-order valence-electron chi connectivity index (χ2n) is 5.34. The van der Waals surface area contributed by atoms with Gasteiger partial charge in [0, 0.05) is 37.8 Å². The minimum atomic E-state index is -0.331. The Morgan fingerprint density at radius 3 is 2.55 bits per heavy atom. The summed E-state index contributed by atoms with van der Waals surface area (Å²) in [7, 11) is 1.67. The molecule has 0 aromatic heterocycles. The Balaban J connectivity index is 2.97. The molecule has 0 bridgehead atoms. The molecule has 0 radical (unpaired) electrons. The van der Waals surface area contributed by atoms with E-state index >= 15 is 0 Å². The van der Waals surface area contributed by atoms with E-state index in [9.17, 15) is 4.39 Å². The number of ether oxygens (including phenoxy) is 1. The van der Waals surface area contributed by atoms with Crippen LogP contribution in [-0.4, -0.2) is 38.3 Å². The number of hydrogen-bond donors (Lipinski definition) is 1. The number of hydrogen-bond acceptors (Lipinski definition) is 3. The van der Waals surface area contributed by atoms with E-state index < -0.39 is 0 Å². The second kappa shape index (κ2) is 8.57. The maximum Gasteiger partial charge on any atom is 0.125 e. The average Bonchev–Trinajstić information content (AvgIpc) is 2.34. The lowest BCUT2D eigenvalue weighted by atomic mass is 10.0. The van der Waals surface area contributed by atoms with Crippen LogP contribution in [0.5, 0.6) is 0 Å². The van der Waals surface area contributed by atoms with Gasteiger partial charge in [-0.15, -0.1) is 0 Å². The molecule has 114 valence electrons. The number of benzene rings is 1. The smallest absolute Gasteiger partial charge is 0.125 e. The van der Waals surface area contributed by atoms with Crippen molar-refractivity contribution in [1.29, 1.82) is 0 Å². The van der Waals surface area contributed by atoms with E-state index in [1.54, 1.807) is 13.2 Å². The van der Waals surface area contributed by atoms with Gasteiger partial charge >= 0.3 is 0 Å². The average molecular weight is 303 g/mol. The van der Waals surface area contributed by atoms with Gasteiger partial charge in [-0.3, -0.25) is 4.90 Å². The Morgan fingerprint density at radius 2 is 2.05 bits per heavy atom. The molecular weight excluding hydrogens is 279 g/mol. The van der Waals surface area contributed by atoms with Crippen LogP contribution in [0.2, 0.25) is 5.02 Å². The SMILES string of the molecule is COCCN(CC(C)C)C(CN)c1cc(F)cc(Cl)c1. The fourth-order valence-corrected chi connectivity index (χ4v) is 2.55. The first-order valence-electron chi connectivity index (χ1n) is 6.87. The summed E-state index contributed by atoms with van der Waals surface area (Å²) < 4.78 is 18.7. The van der Waals surface area contributed by atoms with E-state index in [1.807, 2.05) is 0 Å². The Labute approximate surface area is 125 Å². The molecule has 1 unspecified atom stereocenters. The highest BCUT2D eigenvalue weighted by Gasteiger charge is 2.20. The molecule has 2 N–H and O–H groups in total. The Kier molecular flexibility index (Phi) is 7.45. The van der Waals surface area contributed by atoms with Crippen LogP contribution in [-0.2, 0) is 4.74 Å². The van der Waals surface area contributed by atoms with Gasteiger partial charge < -0.3 is 10.5 Å². The molecule has 0 fully saturated rings. The lowest BCUT2D eigenvalue weighted by Gasteiger charge is -2.32. The standard InChI is InChI=1S/C15H24ClFN2O/c1-11(2)10-19(4-5-20-3)15(9-18)12-6-13(16)8-14(17)7-12/h6-8,11,15H,4-5,9-10,18H2,1-3H3. The molecule has 1 aromatic rings. The normalized spacial score (nSPS) is 13.2. The van der Waals surface area contributed by atoms with Crippen LogP contribution in [0.4, 0.5) is 4.39 Å². The maximum absolute atomic E-state index is 13.5. The molecule has 1 rings (SSSR count). The van der Waals surface area contributed by atoms with Gasteiger partial charge in [-0.2, -0.15) is 0 Å². The van der Waals surface area contributed by atoms with Crippen molar-refractivity contribution in [2.45, 2.75) is 19.9 Å². The van der Waals surface area contributed by atoms with E-state index in [0.29, 0.717) is 24.1 Å². The summed E-state index contributed by atoms with van der Waals surface area (Å²) in [5, 5.41) is 0.398. The summed E-state index contributed by atoms with van der Waals surface area (Å²) in [6.45, 7) is 6.95. The highest BCUT2D eigenvalue weighted by molar-refractivity contribution is 6.30. The van der Waals surface area contributed by atoms with E-state index in [1.165, 1.54) is 12.1 Å². The lowest BCUT2D eigenvalue weighted by Crippen LogP contribution is -2.38. The summed E-state index contributed by atoms with van der Waals surface area (Å²) in [6.07, 6.45) is 0. The van der Waals surface area contributed by atoms with Gasteiger partial charge in [-0.1, -0.05) is 25.4 Å². The zero-order chi connectivity index (χ0) is 15.1. The molecule has 0 saturated heterocycles. The molecule has 0 spiro atoms. The van der Waals surface area contributed by atoms with Crippen LogP contribution in [0.15, 0.2) is 18.2 Å². The quantitative estimate of drug-likeness (QED) is 0.802. The number of nitrogens with two attached hydrogens (primary N) is 1. The zero-order valence-corrected chi connectivity index (χ0v) is 13.2. The molecular formula is C15H24ClFN2O. The fraction of sp³-hybridized carbons (Fsp3) is 0.600. The van der Waals surface area contributed by atoms with Crippen LogP contribution in [0.3, 0.4) is 0 Å². The first-order chi connectivity index (χ1) is 9.47. The van der Waals surface area contributed by atoms with Crippen molar-refractivity contribution in [3.05, 3.63) is 34.6 Å². The summed E-state index contributed by atoms with van der Waals surface area (Å²) in [6, 6.07) is 4.53. The first-order valence-corrected chi connectivity index (χ1v) is 7.24. The summed E-state index contributed by atoms with van der Waals surface area (Å²) in [5.74, 6) is 0.159. The summed E-state index contributed by atoms with van der Waals surface area (Å²) in [5.41, 5.74) is 6.72. The predicted molar refractivity (Wildman–Crippen MR) is 81.5 cm³/mol. The van der Waals surface area contributed by atoms with Crippen LogP contribution < -0.4 is 5.73 Å². The summed E-state index contributed by atoms with van der Waals surface area (Å²) in [4.78, 5) is 2.22. The minimum Gasteiger partial charge on any atom is -0.383 e. The molecule has 20 heavy (non-hydrogen) atoms. The van der Waals surface area contributed by atoms with Crippen LogP contribution in [0.25, 0.3) is 0 Å². The fourth-order valence-electron chi connectivity index (χ4n) is 2.32. The number of halogens is 2. The molecule has 0 aliphatic rings. The number of rotatable bonds is 8. The van der Waals surface area contributed by atoms with Crippen molar-refractivity contribution < 1.29 is 9.13 Å². The van der Waals surface area contributed by atoms with Crippen molar-refractivity contribution in [3.8, 4) is 0 Å². The van der Waals surface area contributed by atoms with Crippen molar-refractivity contribution in [3.63, 3.8) is 0 Å². The third kappa shape index (κ3) is 5.37. The van der Waals surface area contributed by atoms with Gasteiger partial charge in [0.05, 0.1) is 6.61 Å². The van der Waals surface area contributed by atoms with Gasteiger partial charge in [0.2, 0.25) is 0 Å². The molecule has 1 aromatic carbocycles. The largest absolute Gasteiger partial charge is 0.383 e. The Morgan fingerprint density at radius 1 is 1.35 bits per heavy atom. The molecule has 0 amide bonds. The van der Waals surface area contributed by atoms with Gasteiger partial charge in [-0.25, -0.2) is 4.39 Å². The van der Waals surface area contributed by atoms with E-state index in [-0.39, 0.29) is 11.9 Å². The van der Waals surface area contributed by atoms with Crippen LogP contribution in [0.1, 0.15) is 25.5 Å². The summed E-state index contributed by atoms with van der Waals surface area (Å²) >= 11 is 5.94. The van der Waals surface area contributed by atoms with Crippen molar-refractivity contribution in [2.24, 2.45) is 11.7 Å². The molecule has 5 heteroatoms. The highest BCUT2D eigenvalue weighted by atomic mass is 35.5. The Bertz CT molecular complexity index is 395. The molecule has 1 atom stereocenters. The molecule has 0 saturated carbocycles. The van der Waals surface area contributed by atoms with Gasteiger partial charge in [0.25, 0.3) is 0 Å². The highest BCUT2D eigenvalue weighted by Crippen LogP contribution is 2.24. The molecule has 3 nitrogen and oxygen atoms in total. The maximum atomic E-state index is 13.5. The van der Waals surface area contributed by atoms with E-state index in [4.69, 9.17) is 22.1 Å². The van der Waals surface area contributed by atoms with E-state index in [2.05, 4.69) is 18.7 Å². The van der Waals surface area contributed by atoms with Gasteiger partial charge in [0.1, 0.15) is 5.82 Å². The van der Waals surface area contributed by atoms with E-state index in [0.717, 1.165) is 18.7 Å². The van der Waals surface area contributed by atoms with Crippen molar-refractivity contribution >= 4 is 11.6 Å². The van der Waals surface area contributed by atoms with Gasteiger partial charge in [0.15, 0.2) is 0 Å². The monoisotopic (exact) mass is 302 g/mol. The molecule has 0 heterocycles. The lowest BCUT2D eigenvalue weighted by molar-refractivity contribution is 0.112. The first kappa shape index (κ1) is 17.4.